The lowest BCUT2D eigenvalue weighted by atomic mass is 9.97. The Labute approximate surface area is 180 Å². The third-order valence-corrected chi connectivity index (χ3v) is 4.64. The molecule has 0 saturated carbocycles. The number of hydrogen-bond acceptors (Lipinski definition) is 7. The number of rotatable bonds is 2. The Kier molecular flexibility index (Phi) is 7.72. The fraction of sp³-hybridized carbons (Fsp3) is 0.800. The van der Waals surface area contributed by atoms with E-state index in [1.54, 1.807) is 20.8 Å². The summed E-state index contributed by atoms with van der Waals surface area (Å²) in [5.41, 5.74) is -1.82. The predicted molar refractivity (Wildman–Crippen MR) is 113 cm³/mol. The van der Waals surface area contributed by atoms with Crippen molar-refractivity contribution < 1.29 is 28.3 Å². The van der Waals surface area contributed by atoms with Crippen molar-refractivity contribution in [3.63, 3.8) is 0 Å². The summed E-state index contributed by atoms with van der Waals surface area (Å²) < 4.78 is 16.1. The predicted octanol–water partition coefficient (Wildman–Crippen LogP) is 3.16. The lowest BCUT2D eigenvalue weighted by Crippen LogP contribution is -2.66. The molecule has 2 aliphatic heterocycles. The van der Waals surface area contributed by atoms with Crippen molar-refractivity contribution in [2.45, 2.75) is 78.0 Å². The molecular weight excluding hydrogens is 406 g/mol. The molecule has 0 N–H and O–H groups in total. The Morgan fingerprint density at radius 1 is 0.933 bits per heavy atom. The summed E-state index contributed by atoms with van der Waals surface area (Å²) in [5, 5.41) is 9.20. The van der Waals surface area contributed by atoms with Crippen molar-refractivity contribution in [2.24, 2.45) is 0 Å². The van der Waals surface area contributed by atoms with Gasteiger partial charge < -0.3 is 18.8 Å². The van der Waals surface area contributed by atoms with E-state index >= 15 is 0 Å². The number of amides is 2. The Hall–Kier alpha value is -2.12. The van der Waals surface area contributed by atoms with E-state index in [4.69, 9.17) is 13.9 Å². The van der Waals surface area contributed by atoms with Crippen LogP contribution in [0.4, 0.5) is 9.59 Å². The maximum Gasteiger partial charge on any atom is 0.411 e. The van der Waals surface area contributed by atoms with Crippen molar-refractivity contribution in [1.29, 1.82) is 5.26 Å². The third kappa shape index (κ3) is 8.71. The first-order chi connectivity index (χ1) is 13.3. The lowest BCUT2D eigenvalue weighted by Gasteiger charge is -2.47. The summed E-state index contributed by atoms with van der Waals surface area (Å²) in [6.45, 7) is 17.9. The number of ether oxygens (including phenoxy) is 2. The summed E-state index contributed by atoms with van der Waals surface area (Å²) in [4.78, 5) is 36.3. The average molecular weight is 442 g/mol. The van der Waals surface area contributed by atoms with Crippen molar-refractivity contribution in [2.75, 3.05) is 26.2 Å². The molecule has 2 aliphatic rings. The lowest BCUT2D eigenvalue weighted by molar-refractivity contribution is -0.128. The maximum absolute atomic E-state index is 11.8. The molecule has 0 bridgehead atoms. The first-order valence-corrected chi connectivity index (χ1v) is 13.3. The van der Waals surface area contributed by atoms with Gasteiger partial charge in [0.1, 0.15) is 17.3 Å². The van der Waals surface area contributed by atoms with E-state index in [0.29, 0.717) is 13.1 Å². The Morgan fingerprint density at radius 3 is 1.63 bits per heavy atom. The van der Waals surface area contributed by atoms with E-state index < -0.39 is 31.2 Å². The van der Waals surface area contributed by atoms with Crippen LogP contribution in [0.25, 0.3) is 0 Å². The van der Waals surface area contributed by atoms with Gasteiger partial charge in [-0.1, -0.05) is 0 Å². The Balaban J connectivity index is 0.000000325. The highest BCUT2D eigenvalue weighted by atomic mass is 28.4. The van der Waals surface area contributed by atoms with Gasteiger partial charge in [0.2, 0.25) is 0 Å². The number of nitriles is 1. The molecule has 30 heavy (non-hydrogen) atoms. The molecular formula is C20H35N3O6Si. The van der Waals surface area contributed by atoms with Crippen LogP contribution in [0.15, 0.2) is 0 Å². The van der Waals surface area contributed by atoms with Crippen LogP contribution >= 0.6 is 0 Å². The van der Waals surface area contributed by atoms with Gasteiger partial charge in [0, 0.05) is 0 Å². The van der Waals surface area contributed by atoms with Gasteiger partial charge in [-0.05, 0) is 61.2 Å². The van der Waals surface area contributed by atoms with Crippen molar-refractivity contribution >= 4 is 26.3 Å². The molecule has 10 heteroatoms. The van der Waals surface area contributed by atoms with Gasteiger partial charge in [0.25, 0.3) is 0 Å². The molecule has 2 rings (SSSR count). The van der Waals surface area contributed by atoms with Crippen LogP contribution in [0.5, 0.6) is 0 Å². The number of hydrogen-bond donors (Lipinski definition) is 0. The van der Waals surface area contributed by atoms with Gasteiger partial charge in [-0.2, -0.15) is 5.26 Å². The molecule has 170 valence electrons. The highest BCUT2D eigenvalue weighted by molar-refractivity contribution is 6.69. The van der Waals surface area contributed by atoms with Crippen LogP contribution in [0.2, 0.25) is 19.6 Å². The van der Waals surface area contributed by atoms with Crippen LogP contribution < -0.4 is 0 Å². The first kappa shape index (κ1) is 25.9. The summed E-state index contributed by atoms with van der Waals surface area (Å²) in [5.74, 6) is 0.0841. The molecule has 0 aliphatic carbocycles. The molecule has 0 aromatic rings. The molecule has 9 nitrogen and oxygen atoms in total. The average Bonchev–Trinajstić information content (AvgIpc) is 2.43. The van der Waals surface area contributed by atoms with Gasteiger partial charge in [0.15, 0.2) is 19.7 Å². The van der Waals surface area contributed by atoms with Gasteiger partial charge in [-0.25, -0.2) is 9.59 Å². The van der Waals surface area contributed by atoms with Crippen molar-refractivity contribution in [3.8, 4) is 6.07 Å². The number of ketones is 1. The van der Waals surface area contributed by atoms with Crippen LogP contribution in [-0.2, 0) is 18.7 Å². The van der Waals surface area contributed by atoms with E-state index in [-0.39, 0.29) is 25.0 Å². The van der Waals surface area contributed by atoms with E-state index in [1.807, 2.05) is 40.4 Å². The Morgan fingerprint density at radius 2 is 1.33 bits per heavy atom. The maximum atomic E-state index is 11.8. The smallest absolute Gasteiger partial charge is 0.411 e. The minimum absolute atomic E-state index is 0.0841. The van der Waals surface area contributed by atoms with E-state index in [1.165, 1.54) is 9.80 Å². The van der Waals surface area contributed by atoms with Crippen molar-refractivity contribution in [1.82, 2.24) is 9.80 Å². The fourth-order valence-corrected chi connectivity index (χ4v) is 3.95. The van der Waals surface area contributed by atoms with Gasteiger partial charge in [-0.3, -0.25) is 9.69 Å². The summed E-state index contributed by atoms with van der Waals surface area (Å²) >= 11 is 0. The molecule has 0 radical (unpaired) electrons. The minimum atomic E-state index is -1.80. The Bertz CT molecular complexity index is 698. The zero-order valence-corrected chi connectivity index (χ0v) is 20.6. The summed E-state index contributed by atoms with van der Waals surface area (Å²) in [6.07, 6.45) is -0.783. The molecule has 0 unspecified atom stereocenters. The number of carbonyl (C=O) groups excluding carboxylic acids is 3. The number of carbonyl (C=O) groups is 3. The summed E-state index contributed by atoms with van der Waals surface area (Å²) in [7, 11) is -1.80. The van der Waals surface area contributed by atoms with Crippen LogP contribution in [-0.4, -0.2) is 79.1 Å². The molecule has 2 fully saturated rings. The van der Waals surface area contributed by atoms with Crippen LogP contribution in [0.1, 0.15) is 41.5 Å². The highest BCUT2D eigenvalue weighted by Crippen LogP contribution is 2.29. The third-order valence-electron chi connectivity index (χ3n) is 3.64. The molecule has 0 aromatic heterocycles. The molecule has 0 atom stereocenters. The van der Waals surface area contributed by atoms with E-state index in [0.717, 1.165) is 0 Å². The number of Topliss-reactive ketones (excluding diaryl/α,β-unsaturated/α-hetero) is 1. The molecule has 2 amide bonds. The van der Waals surface area contributed by atoms with Crippen LogP contribution in [0, 0.1) is 11.3 Å². The second kappa shape index (κ2) is 8.94. The molecule has 0 spiro atoms. The topological polar surface area (TPSA) is 109 Å². The SMILES string of the molecule is CC(C)(C)OC(=O)N1CC(=O)C1.CC(C)(C)OC(=O)N1CC(C#N)(O[Si](C)(C)C)C1. The zero-order valence-electron chi connectivity index (χ0n) is 19.6. The molecule has 0 aromatic carbocycles. The molecule has 2 saturated heterocycles. The fourth-order valence-electron chi connectivity index (χ4n) is 2.61. The second-order valence-corrected chi connectivity index (χ2v) is 15.0. The number of nitrogens with zero attached hydrogens (tertiary/aromatic N) is 3. The van der Waals surface area contributed by atoms with E-state index in [2.05, 4.69) is 6.07 Å². The number of likely N-dealkylation sites (tertiary alicyclic amines) is 2. The van der Waals surface area contributed by atoms with Gasteiger partial charge >= 0.3 is 12.2 Å². The summed E-state index contributed by atoms with van der Waals surface area (Å²) in [6, 6.07) is 2.18. The minimum Gasteiger partial charge on any atom is -0.444 e. The van der Waals surface area contributed by atoms with Gasteiger partial charge in [0.05, 0.1) is 26.2 Å². The normalized spacial score (nSPS) is 18.2. The zero-order chi connectivity index (χ0) is 23.5. The largest absolute Gasteiger partial charge is 0.444 e. The molecule has 2 heterocycles. The highest BCUT2D eigenvalue weighted by Gasteiger charge is 2.50. The van der Waals surface area contributed by atoms with Crippen LogP contribution in [0.3, 0.4) is 0 Å². The first-order valence-electron chi connectivity index (χ1n) is 9.94. The quantitative estimate of drug-likeness (QED) is 0.605. The standard InChI is InChI=1S/C12H22N2O3Si.C8H13NO3/c1-11(2,3)16-10(15)14-8-12(7-13,9-14)17-18(4,5)6;1-8(2,3)12-7(11)9-4-6(10)5-9/h8-9H2,1-6H3;4-5H2,1-3H3. The monoisotopic (exact) mass is 441 g/mol. The van der Waals surface area contributed by atoms with Crippen molar-refractivity contribution in [3.05, 3.63) is 0 Å². The second-order valence-electron chi connectivity index (χ2n) is 10.5. The van der Waals surface area contributed by atoms with Gasteiger partial charge in [-0.15, -0.1) is 0 Å². The van der Waals surface area contributed by atoms with E-state index in [9.17, 15) is 19.6 Å².